The molecular formula is C12H18N2O2. The van der Waals surface area contributed by atoms with Crippen LogP contribution in [-0.4, -0.2) is 17.7 Å². The van der Waals surface area contributed by atoms with Crippen molar-refractivity contribution < 1.29 is 9.53 Å². The Morgan fingerprint density at radius 3 is 2.62 bits per heavy atom. The number of pyridine rings is 1. The van der Waals surface area contributed by atoms with Crippen molar-refractivity contribution in [1.82, 2.24) is 4.98 Å². The zero-order valence-corrected chi connectivity index (χ0v) is 9.93. The summed E-state index contributed by atoms with van der Waals surface area (Å²) in [5, 5.41) is 0. The molecule has 1 heterocycles. The van der Waals surface area contributed by atoms with E-state index < -0.39 is 6.09 Å². The highest BCUT2D eigenvalue weighted by atomic mass is 16.5. The van der Waals surface area contributed by atoms with Gasteiger partial charge in [-0.15, -0.1) is 0 Å². The molecule has 0 aliphatic rings. The zero-order chi connectivity index (χ0) is 12.2. The van der Waals surface area contributed by atoms with Gasteiger partial charge in [-0.2, -0.15) is 0 Å². The van der Waals surface area contributed by atoms with E-state index in [-0.39, 0.29) is 17.9 Å². The van der Waals surface area contributed by atoms with E-state index in [1.165, 1.54) is 0 Å². The molecule has 4 heteroatoms. The highest BCUT2D eigenvalue weighted by Crippen LogP contribution is 2.33. The van der Waals surface area contributed by atoms with E-state index in [4.69, 9.17) is 10.5 Å². The van der Waals surface area contributed by atoms with Crippen molar-refractivity contribution in [3.05, 3.63) is 30.1 Å². The minimum absolute atomic E-state index is 0.0379. The van der Waals surface area contributed by atoms with Crippen molar-refractivity contribution in [2.45, 2.75) is 26.7 Å². The van der Waals surface area contributed by atoms with Crippen LogP contribution >= 0.6 is 0 Å². The Kier molecular flexibility index (Phi) is 3.88. The Hall–Kier alpha value is -1.58. The van der Waals surface area contributed by atoms with Gasteiger partial charge < -0.3 is 10.5 Å². The molecule has 88 valence electrons. The van der Waals surface area contributed by atoms with E-state index in [1.807, 2.05) is 18.2 Å². The van der Waals surface area contributed by atoms with Gasteiger partial charge in [0, 0.05) is 17.8 Å². The van der Waals surface area contributed by atoms with Gasteiger partial charge in [0.2, 0.25) is 0 Å². The number of aromatic nitrogens is 1. The molecule has 0 aliphatic carbocycles. The largest absolute Gasteiger partial charge is 0.449 e. The quantitative estimate of drug-likeness (QED) is 0.853. The molecule has 16 heavy (non-hydrogen) atoms. The number of carbonyl (C=O) groups is 1. The van der Waals surface area contributed by atoms with Crippen LogP contribution in [0.4, 0.5) is 4.79 Å². The minimum Gasteiger partial charge on any atom is -0.449 e. The summed E-state index contributed by atoms with van der Waals surface area (Å²) in [6, 6.07) is 5.71. The van der Waals surface area contributed by atoms with Crippen LogP contribution in [0.15, 0.2) is 24.4 Å². The number of ether oxygens (including phenoxy) is 1. The Morgan fingerprint density at radius 2 is 2.19 bits per heavy atom. The molecule has 0 fully saturated rings. The van der Waals surface area contributed by atoms with Crippen LogP contribution in [0, 0.1) is 5.41 Å². The molecule has 0 radical (unpaired) electrons. The fourth-order valence-corrected chi connectivity index (χ4v) is 1.53. The number of rotatable bonds is 3. The van der Waals surface area contributed by atoms with Crippen molar-refractivity contribution in [3.63, 3.8) is 0 Å². The summed E-state index contributed by atoms with van der Waals surface area (Å²) in [6.45, 7) is 6.50. The lowest BCUT2D eigenvalue weighted by atomic mass is 9.79. The third kappa shape index (κ3) is 3.53. The Bertz CT molecular complexity index is 344. The summed E-state index contributed by atoms with van der Waals surface area (Å²) < 4.78 is 4.88. The number of amides is 1. The van der Waals surface area contributed by atoms with E-state index in [2.05, 4.69) is 25.8 Å². The van der Waals surface area contributed by atoms with Gasteiger partial charge in [-0.25, -0.2) is 4.79 Å². The Morgan fingerprint density at radius 1 is 1.50 bits per heavy atom. The number of nitrogens with zero attached hydrogens (tertiary/aromatic N) is 1. The molecule has 0 saturated carbocycles. The molecule has 0 aromatic carbocycles. The second-order valence-electron chi connectivity index (χ2n) is 4.80. The Labute approximate surface area is 95.8 Å². The molecule has 1 aromatic rings. The predicted molar refractivity (Wildman–Crippen MR) is 62.0 cm³/mol. The van der Waals surface area contributed by atoms with Crippen molar-refractivity contribution in [1.29, 1.82) is 0 Å². The number of nitrogens with two attached hydrogens (primary N) is 1. The molecule has 0 bridgehead atoms. The van der Waals surface area contributed by atoms with Gasteiger partial charge in [0.25, 0.3) is 0 Å². The molecule has 4 nitrogen and oxygen atoms in total. The molecular weight excluding hydrogens is 204 g/mol. The highest BCUT2D eigenvalue weighted by Gasteiger charge is 2.28. The lowest BCUT2D eigenvalue weighted by Gasteiger charge is -2.29. The first-order chi connectivity index (χ1) is 7.41. The SMILES string of the molecule is CC(C)(C)C(COC(N)=O)c1ccccn1. The molecule has 0 spiro atoms. The lowest BCUT2D eigenvalue weighted by Crippen LogP contribution is -2.27. The average molecular weight is 222 g/mol. The summed E-state index contributed by atoms with van der Waals surface area (Å²) in [5.74, 6) is 0.0428. The standard InChI is InChI=1S/C12H18N2O2/c1-12(2,3)9(8-16-11(13)15)10-6-4-5-7-14-10/h4-7,9H,8H2,1-3H3,(H2,13,15). The number of hydrogen-bond donors (Lipinski definition) is 1. The van der Waals surface area contributed by atoms with Crippen molar-refractivity contribution in [2.75, 3.05) is 6.61 Å². The van der Waals surface area contributed by atoms with E-state index in [0.717, 1.165) is 5.69 Å². The lowest BCUT2D eigenvalue weighted by molar-refractivity contribution is 0.124. The first kappa shape index (κ1) is 12.5. The van der Waals surface area contributed by atoms with Gasteiger partial charge in [-0.3, -0.25) is 4.98 Å². The van der Waals surface area contributed by atoms with Crippen LogP contribution in [0.5, 0.6) is 0 Å². The van der Waals surface area contributed by atoms with Crippen LogP contribution < -0.4 is 5.73 Å². The summed E-state index contributed by atoms with van der Waals surface area (Å²) in [7, 11) is 0. The smallest absolute Gasteiger partial charge is 0.404 e. The second kappa shape index (κ2) is 4.96. The van der Waals surface area contributed by atoms with Crippen LogP contribution in [0.3, 0.4) is 0 Å². The molecule has 1 rings (SSSR count). The van der Waals surface area contributed by atoms with Crippen molar-refractivity contribution >= 4 is 6.09 Å². The number of carbonyl (C=O) groups excluding carboxylic acids is 1. The molecule has 0 aliphatic heterocycles. The van der Waals surface area contributed by atoms with Gasteiger partial charge in [0.1, 0.15) is 6.61 Å². The van der Waals surface area contributed by atoms with E-state index in [9.17, 15) is 4.79 Å². The highest BCUT2D eigenvalue weighted by molar-refractivity contribution is 5.64. The molecule has 0 saturated heterocycles. The van der Waals surface area contributed by atoms with E-state index in [0.29, 0.717) is 0 Å². The molecule has 1 amide bonds. The topological polar surface area (TPSA) is 65.2 Å². The first-order valence-electron chi connectivity index (χ1n) is 5.24. The van der Waals surface area contributed by atoms with Crippen molar-refractivity contribution in [3.8, 4) is 0 Å². The fraction of sp³-hybridized carbons (Fsp3) is 0.500. The summed E-state index contributed by atoms with van der Waals surface area (Å²) in [5.41, 5.74) is 5.86. The average Bonchev–Trinajstić information content (AvgIpc) is 2.17. The second-order valence-corrected chi connectivity index (χ2v) is 4.80. The maximum absolute atomic E-state index is 10.6. The molecule has 1 aromatic heterocycles. The summed E-state index contributed by atoms with van der Waals surface area (Å²) in [6.07, 6.45) is 0.989. The first-order valence-corrected chi connectivity index (χ1v) is 5.24. The van der Waals surface area contributed by atoms with E-state index in [1.54, 1.807) is 6.20 Å². The van der Waals surface area contributed by atoms with Gasteiger partial charge >= 0.3 is 6.09 Å². The van der Waals surface area contributed by atoms with Gasteiger partial charge in [0.15, 0.2) is 0 Å². The fourth-order valence-electron chi connectivity index (χ4n) is 1.53. The van der Waals surface area contributed by atoms with E-state index >= 15 is 0 Å². The summed E-state index contributed by atoms with van der Waals surface area (Å²) >= 11 is 0. The Balaban J connectivity index is 2.84. The predicted octanol–water partition coefficient (Wildman–Crippen LogP) is 2.31. The maximum atomic E-state index is 10.6. The van der Waals surface area contributed by atoms with Gasteiger partial charge in [0.05, 0.1) is 0 Å². The van der Waals surface area contributed by atoms with Crippen molar-refractivity contribution in [2.24, 2.45) is 11.1 Å². The van der Waals surface area contributed by atoms with Crippen LogP contribution in [0.1, 0.15) is 32.4 Å². The van der Waals surface area contributed by atoms with Gasteiger partial charge in [-0.05, 0) is 17.5 Å². The normalized spacial score (nSPS) is 13.2. The molecule has 2 N–H and O–H groups in total. The summed E-state index contributed by atoms with van der Waals surface area (Å²) in [4.78, 5) is 14.9. The van der Waals surface area contributed by atoms with Crippen LogP contribution in [0.25, 0.3) is 0 Å². The minimum atomic E-state index is -0.745. The molecule has 1 atom stereocenters. The van der Waals surface area contributed by atoms with Gasteiger partial charge in [-0.1, -0.05) is 26.8 Å². The monoisotopic (exact) mass is 222 g/mol. The number of primary amides is 1. The maximum Gasteiger partial charge on any atom is 0.404 e. The third-order valence-electron chi connectivity index (χ3n) is 2.48. The zero-order valence-electron chi connectivity index (χ0n) is 9.93. The van der Waals surface area contributed by atoms with Crippen LogP contribution in [0.2, 0.25) is 0 Å². The number of hydrogen-bond acceptors (Lipinski definition) is 3. The van der Waals surface area contributed by atoms with Crippen LogP contribution in [-0.2, 0) is 4.74 Å². The third-order valence-corrected chi connectivity index (χ3v) is 2.48. The molecule has 1 unspecified atom stereocenters.